The summed E-state index contributed by atoms with van der Waals surface area (Å²) in [7, 11) is 1.76. The molecule has 3 atom stereocenters. The predicted octanol–water partition coefficient (Wildman–Crippen LogP) is 4.20. The van der Waals surface area contributed by atoms with Crippen LogP contribution in [0.5, 0.6) is 5.75 Å². The van der Waals surface area contributed by atoms with Crippen molar-refractivity contribution in [2.45, 2.75) is 51.5 Å². The van der Waals surface area contributed by atoms with Crippen LogP contribution in [0, 0.1) is 11.8 Å². The first-order chi connectivity index (χ1) is 9.04. The lowest BCUT2D eigenvalue weighted by Crippen LogP contribution is -2.49. The Kier molecular flexibility index (Phi) is 2.99. The van der Waals surface area contributed by atoms with Crippen LogP contribution in [0.15, 0.2) is 18.2 Å². The van der Waals surface area contributed by atoms with Crippen LogP contribution in [0.2, 0.25) is 0 Å². The average molecular weight is 259 g/mol. The molecule has 104 valence electrons. The lowest BCUT2D eigenvalue weighted by Gasteiger charge is -2.50. The topological polar surface area (TPSA) is 21.3 Å². The van der Waals surface area contributed by atoms with Crippen molar-refractivity contribution in [2.24, 2.45) is 11.8 Å². The highest BCUT2D eigenvalue weighted by atomic mass is 16.5. The fourth-order valence-electron chi connectivity index (χ4n) is 4.18. The highest BCUT2D eigenvalue weighted by Crippen LogP contribution is 2.51. The molecule has 1 saturated carbocycles. The van der Waals surface area contributed by atoms with E-state index in [9.17, 15) is 0 Å². The molecule has 2 nitrogen and oxygen atoms in total. The van der Waals surface area contributed by atoms with Crippen LogP contribution in [0.4, 0.5) is 5.69 Å². The molecule has 2 unspecified atom stereocenters. The molecule has 0 amide bonds. The van der Waals surface area contributed by atoms with Gasteiger partial charge in [0.1, 0.15) is 5.75 Å². The minimum atomic E-state index is 0.236. The maximum absolute atomic E-state index is 5.55. The number of rotatable bonds is 1. The van der Waals surface area contributed by atoms with Crippen LogP contribution in [0.1, 0.15) is 45.6 Å². The van der Waals surface area contributed by atoms with Gasteiger partial charge in [-0.1, -0.05) is 39.3 Å². The zero-order valence-electron chi connectivity index (χ0n) is 12.5. The monoisotopic (exact) mass is 259 g/mol. The molecule has 1 aliphatic carbocycles. The summed E-state index contributed by atoms with van der Waals surface area (Å²) < 4.78 is 5.55. The number of nitrogens with one attached hydrogen (secondary N) is 1. The third-order valence-corrected chi connectivity index (χ3v) is 5.31. The lowest BCUT2D eigenvalue weighted by atomic mass is 9.61. The Morgan fingerprint density at radius 1 is 1.26 bits per heavy atom. The molecule has 0 aromatic heterocycles. The molecule has 1 N–H and O–H groups in total. The summed E-state index contributed by atoms with van der Waals surface area (Å²) in [5.41, 5.74) is 2.88. The van der Waals surface area contributed by atoms with Crippen LogP contribution in [-0.2, 0) is 5.41 Å². The van der Waals surface area contributed by atoms with Crippen molar-refractivity contribution in [1.82, 2.24) is 0 Å². The molecule has 1 aromatic carbocycles. The zero-order valence-corrected chi connectivity index (χ0v) is 12.5. The second kappa shape index (κ2) is 4.43. The summed E-state index contributed by atoms with van der Waals surface area (Å²) in [6.07, 6.45) is 3.99. The summed E-state index contributed by atoms with van der Waals surface area (Å²) in [6.45, 7) is 7.18. The summed E-state index contributed by atoms with van der Waals surface area (Å²) in [4.78, 5) is 0. The molecule has 0 bridgehead atoms. The molecule has 1 fully saturated rings. The van der Waals surface area contributed by atoms with Crippen molar-refractivity contribution in [3.05, 3.63) is 23.8 Å². The van der Waals surface area contributed by atoms with Crippen molar-refractivity contribution in [3.63, 3.8) is 0 Å². The maximum Gasteiger partial charge on any atom is 0.142 e. The number of ether oxygens (including phenoxy) is 1. The second-order valence-corrected chi connectivity index (χ2v) is 6.88. The normalized spacial score (nSPS) is 31.9. The Labute approximate surface area is 116 Å². The summed E-state index contributed by atoms with van der Waals surface area (Å²) in [5.74, 6) is 2.56. The van der Waals surface area contributed by atoms with E-state index in [2.05, 4.69) is 44.3 Å². The minimum Gasteiger partial charge on any atom is -0.495 e. The van der Waals surface area contributed by atoms with Crippen molar-refractivity contribution >= 4 is 5.69 Å². The molecule has 1 aromatic rings. The molecule has 0 saturated heterocycles. The molecule has 0 radical (unpaired) electrons. The van der Waals surface area contributed by atoms with Gasteiger partial charge in [0.15, 0.2) is 0 Å². The Bertz CT molecular complexity index is 480. The van der Waals surface area contributed by atoms with E-state index in [-0.39, 0.29) is 5.41 Å². The fraction of sp³-hybridized carbons (Fsp3) is 0.647. The first-order valence-corrected chi connectivity index (χ1v) is 7.48. The highest BCUT2D eigenvalue weighted by Gasteiger charge is 2.45. The number of methoxy groups -OCH3 is 1. The van der Waals surface area contributed by atoms with Gasteiger partial charge >= 0.3 is 0 Å². The Morgan fingerprint density at radius 3 is 2.79 bits per heavy atom. The van der Waals surface area contributed by atoms with Gasteiger partial charge in [-0.3, -0.25) is 0 Å². The number of hydrogen-bond acceptors (Lipinski definition) is 2. The lowest BCUT2D eigenvalue weighted by molar-refractivity contribution is 0.173. The summed E-state index contributed by atoms with van der Waals surface area (Å²) in [5, 5.41) is 3.78. The highest BCUT2D eigenvalue weighted by molar-refractivity contribution is 5.67. The van der Waals surface area contributed by atoms with E-state index < -0.39 is 0 Å². The van der Waals surface area contributed by atoms with Gasteiger partial charge in [0.05, 0.1) is 12.8 Å². The maximum atomic E-state index is 5.55. The van der Waals surface area contributed by atoms with E-state index in [0.717, 1.165) is 17.6 Å². The largest absolute Gasteiger partial charge is 0.495 e. The molecular formula is C17H25NO. The molecule has 2 aliphatic rings. The molecule has 1 aliphatic heterocycles. The molecule has 0 spiro atoms. The van der Waals surface area contributed by atoms with Gasteiger partial charge in [0.2, 0.25) is 0 Å². The second-order valence-electron chi connectivity index (χ2n) is 6.88. The Hall–Kier alpha value is -1.18. The summed E-state index contributed by atoms with van der Waals surface area (Å²) >= 11 is 0. The van der Waals surface area contributed by atoms with Gasteiger partial charge in [-0.05, 0) is 41.7 Å². The first kappa shape index (κ1) is 12.8. The van der Waals surface area contributed by atoms with E-state index in [0.29, 0.717) is 6.04 Å². The standard InChI is InChI=1S/C17H25NO/c1-11-8-9-12-14(10-11)18-16-13(17(12,2)3)6-5-7-15(16)19-4/h5-7,11-12,14,18H,8-10H2,1-4H3/t11?,12?,14-/m1/s1. The zero-order chi connectivity index (χ0) is 13.6. The van der Waals surface area contributed by atoms with Crippen LogP contribution < -0.4 is 10.1 Å². The summed E-state index contributed by atoms with van der Waals surface area (Å²) in [6, 6.07) is 7.04. The van der Waals surface area contributed by atoms with Crippen molar-refractivity contribution in [1.29, 1.82) is 0 Å². The first-order valence-electron chi connectivity index (χ1n) is 7.48. The molecule has 2 heteroatoms. The van der Waals surface area contributed by atoms with Crippen LogP contribution in [-0.4, -0.2) is 13.2 Å². The SMILES string of the molecule is COc1cccc2c1N[C@@H]1CC(C)CCC1C2(C)C. The Balaban J connectivity index is 2.07. The van der Waals surface area contributed by atoms with E-state index in [1.54, 1.807) is 7.11 Å². The number of anilines is 1. The third kappa shape index (κ3) is 1.92. The van der Waals surface area contributed by atoms with Crippen molar-refractivity contribution < 1.29 is 4.74 Å². The minimum absolute atomic E-state index is 0.236. The van der Waals surface area contributed by atoms with Gasteiger partial charge in [-0.15, -0.1) is 0 Å². The van der Waals surface area contributed by atoms with Gasteiger partial charge in [0, 0.05) is 6.04 Å². The van der Waals surface area contributed by atoms with Gasteiger partial charge < -0.3 is 10.1 Å². The number of hydrogen-bond donors (Lipinski definition) is 1. The van der Waals surface area contributed by atoms with Crippen LogP contribution >= 0.6 is 0 Å². The van der Waals surface area contributed by atoms with Gasteiger partial charge in [-0.2, -0.15) is 0 Å². The smallest absolute Gasteiger partial charge is 0.142 e. The van der Waals surface area contributed by atoms with E-state index in [4.69, 9.17) is 4.74 Å². The van der Waals surface area contributed by atoms with Crippen LogP contribution in [0.3, 0.4) is 0 Å². The molecule has 19 heavy (non-hydrogen) atoms. The molecular weight excluding hydrogens is 234 g/mol. The van der Waals surface area contributed by atoms with E-state index in [1.807, 2.05) is 0 Å². The van der Waals surface area contributed by atoms with E-state index >= 15 is 0 Å². The number of benzene rings is 1. The Morgan fingerprint density at radius 2 is 2.05 bits per heavy atom. The number of para-hydroxylation sites is 1. The van der Waals surface area contributed by atoms with Crippen molar-refractivity contribution in [2.75, 3.05) is 12.4 Å². The fourth-order valence-corrected chi connectivity index (χ4v) is 4.18. The van der Waals surface area contributed by atoms with Gasteiger partial charge in [0.25, 0.3) is 0 Å². The third-order valence-electron chi connectivity index (χ3n) is 5.31. The van der Waals surface area contributed by atoms with Crippen molar-refractivity contribution in [3.8, 4) is 5.75 Å². The van der Waals surface area contributed by atoms with Crippen LogP contribution in [0.25, 0.3) is 0 Å². The average Bonchev–Trinajstić information content (AvgIpc) is 2.37. The number of fused-ring (bicyclic) bond motifs is 2. The molecule has 1 heterocycles. The van der Waals surface area contributed by atoms with E-state index in [1.165, 1.54) is 30.5 Å². The molecule has 3 rings (SSSR count). The predicted molar refractivity (Wildman–Crippen MR) is 79.9 cm³/mol. The van der Waals surface area contributed by atoms with Gasteiger partial charge in [-0.25, -0.2) is 0 Å². The quantitative estimate of drug-likeness (QED) is 0.816.